The number of ether oxygens (including phenoxy) is 1. The van der Waals surface area contributed by atoms with Crippen molar-refractivity contribution in [2.75, 3.05) is 6.61 Å². The predicted molar refractivity (Wildman–Crippen MR) is 89.0 cm³/mol. The Morgan fingerprint density at radius 3 is 2.48 bits per heavy atom. The highest BCUT2D eigenvalue weighted by Gasteiger charge is 2.42. The molecule has 0 spiro atoms. The Kier molecular flexibility index (Phi) is 5.20. The Hall–Kier alpha value is -0.740. The Morgan fingerprint density at radius 1 is 1.24 bits per heavy atom. The Balaban J connectivity index is 2.36. The third-order valence-electron chi connectivity index (χ3n) is 4.58. The molecule has 0 saturated heterocycles. The van der Waals surface area contributed by atoms with Crippen LogP contribution in [-0.4, -0.2) is 16.6 Å². The van der Waals surface area contributed by atoms with Crippen LogP contribution >= 0.6 is 12.2 Å². The van der Waals surface area contributed by atoms with Crippen molar-refractivity contribution in [3.05, 3.63) is 22.2 Å². The maximum atomic E-state index is 6.20. The maximum Gasteiger partial charge on any atom is 0.140 e. The number of nitrogens with zero attached hydrogens (tertiary/aromatic N) is 1. The number of nitrogens with one attached hydrogen (secondary N) is 1. The number of aromatic amines is 1. The van der Waals surface area contributed by atoms with Gasteiger partial charge in [0.25, 0.3) is 0 Å². The molecule has 0 aromatic carbocycles. The molecule has 1 aromatic heterocycles. The van der Waals surface area contributed by atoms with Crippen LogP contribution in [0, 0.1) is 10.1 Å². The molecule has 0 unspecified atom stereocenters. The first-order valence-electron chi connectivity index (χ1n) is 8.15. The van der Waals surface area contributed by atoms with Crippen LogP contribution in [-0.2, 0) is 16.8 Å². The van der Waals surface area contributed by atoms with E-state index >= 15 is 0 Å². The van der Waals surface area contributed by atoms with Crippen molar-refractivity contribution in [3.8, 4) is 0 Å². The van der Waals surface area contributed by atoms with Crippen LogP contribution in [0.25, 0.3) is 0 Å². The van der Waals surface area contributed by atoms with Crippen molar-refractivity contribution in [2.24, 2.45) is 5.41 Å². The summed E-state index contributed by atoms with van der Waals surface area (Å²) in [5.41, 5.74) is 1.30. The van der Waals surface area contributed by atoms with Crippen molar-refractivity contribution >= 4 is 12.2 Å². The van der Waals surface area contributed by atoms with Gasteiger partial charge >= 0.3 is 0 Å². The molecule has 1 aliphatic rings. The quantitative estimate of drug-likeness (QED) is 0.784. The highest BCUT2D eigenvalue weighted by atomic mass is 32.1. The van der Waals surface area contributed by atoms with Gasteiger partial charge in [0, 0.05) is 12.3 Å². The minimum Gasteiger partial charge on any atom is -0.367 e. The summed E-state index contributed by atoms with van der Waals surface area (Å²) in [6.45, 7) is 9.63. The molecule has 0 bridgehead atoms. The molecule has 0 amide bonds. The molecule has 1 saturated carbocycles. The van der Waals surface area contributed by atoms with E-state index < -0.39 is 0 Å². The van der Waals surface area contributed by atoms with E-state index in [0.717, 1.165) is 44.3 Å². The molecule has 3 nitrogen and oxygen atoms in total. The lowest BCUT2D eigenvalue weighted by Gasteiger charge is -2.42. The summed E-state index contributed by atoms with van der Waals surface area (Å²) in [4.78, 5) is 8.12. The first kappa shape index (κ1) is 16.6. The largest absolute Gasteiger partial charge is 0.367 e. The van der Waals surface area contributed by atoms with Gasteiger partial charge in [0.1, 0.15) is 16.1 Å². The first-order valence-corrected chi connectivity index (χ1v) is 8.56. The second-order valence-electron chi connectivity index (χ2n) is 6.93. The van der Waals surface area contributed by atoms with Crippen LogP contribution in [0.4, 0.5) is 0 Å². The average molecular weight is 308 g/mol. The third kappa shape index (κ3) is 3.92. The molecule has 1 N–H and O–H groups in total. The molecule has 4 heteroatoms. The van der Waals surface area contributed by atoms with Crippen LogP contribution in [0.3, 0.4) is 0 Å². The van der Waals surface area contributed by atoms with Gasteiger partial charge < -0.3 is 9.72 Å². The van der Waals surface area contributed by atoms with E-state index in [1.165, 1.54) is 5.69 Å². The van der Waals surface area contributed by atoms with Crippen LogP contribution in [0.2, 0.25) is 0 Å². The molecule has 118 valence electrons. The van der Waals surface area contributed by atoms with Gasteiger partial charge in [-0.05, 0) is 50.5 Å². The Morgan fingerprint density at radius 2 is 1.90 bits per heavy atom. The average Bonchev–Trinajstić information content (AvgIpc) is 2.41. The molecule has 21 heavy (non-hydrogen) atoms. The molecular weight excluding hydrogens is 280 g/mol. The number of hydrogen-bond acceptors (Lipinski definition) is 3. The fourth-order valence-electron chi connectivity index (χ4n) is 3.18. The molecule has 0 aliphatic heterocycles. The van der Waals surface area contributed by atoms with E-state index in [1.54, 1.807) is 0 Å². The van der Waals surface area contributed by atoms with Gasteiger partial charge in [-0.3, -0.25) is 0 Å². The minimum absolute atomic E-state index is 0.276. The molecule has 0 radical (unpaired) electrons. The van der Waals surface area contributed by atoms with Gasteiger partial charge in [0.2, 0.25) is 0 Å². The summed E-state index contributed by atoms with van der Waals surface area (Å²) in [6.07, 6.45) is 6.46. The van der Waals surface area contributed by atoms with Crippen LogP contribution < -0.4 is 0 Å². The topological polar surface area (TPSA) is 37.9 Å². The lowest BCUT2D eigenvalue weighted by atomic mass is 9.70. The van der Waals surface area contributed by atoms with Gasteiger partial charge in [0.05, 0.1) is 0 Å². The molecule has 0 atom stereocenters. The van der Waals surface area contributed by atoms with Gasteiger partial charge in [-0.25, -0.2) is 4.98 Å². The third-order valence-corrected chi connectivity index (χ3v) is 4.79. The summed E-state index contributed by atoms with van der Waals surface area (Å²) in [5, 5.41) is 0. The van der Waals surface area contributed by atoms with Crippen LogP contribution in [0.15, 0.2) is 6.07 Å². The molecule has 2 rings (SSSR count). The van der Waals surface area contributed by atoms with E-state index in [2.05, 4.69) is 37.7 Å². The molecule has 1 aliphatic carbocycles. The normalized spacial score (nSPS) is 20.4. The monoisotopic (exact) mass is 308 g/mol. The maximum absolute atomic E-state index is 6.20. The SMILES string of the molecule is CCCc1cc(=S)nc(C2(OCC)CCC(C)(C)CC2)[nH]1. The summed E-state index contributed by atoms with van der Waals surface area (Å²) in [6, 6.07) is 1.98. The summed E-state index contributed by atoms with van der Waals surface area (Å²) < 4.78 is 6.87. The highest BCUT2D eigenvalue weighted by Crippen LogP contribution is 2.46. The molecular formula is C17H28N2OS. The number of aryl methyl sites for hydroxylation is 1. The number of hydrogen-bond donors (Lipinski definition) is 1. The zero-order chi connectivity index (χ0) is 15.5. The van der Waals surface area contributed by atoms with Crippen molar-refractivity contribution in [2.45, 2.75) is 71.8 Å². The fraction of sp³-hybridized carbons (Fsp3) is 0.765. The molecule has 1 heterocycles. The summed E-state index contributed by atoms with van der Waals surface area (Å²) in [7, 11) is 0. The Bertz CT molecular complexity index is 526. The number of aromatic nitrogens is 2. The fourth-order valence-corrected chi connectivity index (χ4v) is 3.42. The van der Waals surface area contributed by atoms with E-state index in [1.807, 2.05) is 6.07 Å². The van der Waals surface area contributed by atoms with Gasteiger partial charge in [-0.1, -0.05) is 39.4 Å². The number of H-pyrrole nitrogens is 1. The van der Waals surface area contributed by atoms with Crippen molar-refractivity contribution in [1.82, 2.24) is 9.97 Å². The highest BCUT2D eigenvalue weighted by molar-refractivity contribution is 7.71. The summed E-state index contributed by atoms with van der Waals surface area (Å²) in [5.74, 6) is 0.941. The second-order valence-corrected chi connectivity index (χ2v) is 7.35. The predicted octanol–water partition coefficient (Wildman–Crippen LogP) is 4.92. The Labute approximate surface area is 133 Å². The van der Waals surface area contributed by atoms with Crippen molar-refractivity contribution in [3.63, 3.8) is 0 Å². The zero-order valence-electron chi connectivity index (χ0n) is 13.8. The van der Waals surface area contributed by atoms with E-state index in [0.29, 0.717) is 16.7 Å². The zero-order valence-corrected chi connectivity index (χ0v) is 14.6. The lowest BCUT2D eigenvalue weighted by Crippen LogP contribution is -2.39. The van der Waals surface area contributed by atoms with Crippen molar-refractivity contribution in [1.29, 1.82) is 0 Å². The molecule has 1 fully saturated rings. The van der Waals surface area contributed by atoms with Crippen LogP contribution in [0.1, 0.15) is 71.3 Å². The minimum atomic E-state index is -0.276. The second kappa shape index (κ2) is 6.57. The van der Waals surface area contributed by atoms with E-state index in [9.17, 15) is 0 Å². The smallest absolute Gasteiger partial charge is 0.140 e. The lowest BCUT2D eigenvalue weighted by molar-refractivity contribution is -0.0949. The van der Waals surface area contributed by atoms with Gasteiger partial charge in [-0.2, -0.15) is 0 Å². The standard InChI is InChI=1S/C17H28N2OS/c1-5-7-13-12-14(21)19-15(18-13)17(20-6-2)10-8-16(3,4)9-11-17/h12H,5-11H2,1-4H3,(H,18,19,21). The molecule has 1 aromatic rings. The van der Waals surface area contributed by atoms with E-state index in [4.69, 9.17) is 17.0 Å². The van der Waals surface area contributed by atoms with Crippen molar-refractivity contribution < 1.29 is 4.74 Å². The van der Waals surface area contributed by atoms with Crippen LogP contribution in [0.5, 0.6) is 0 Å². The number of rotatable bonds is 5. The van der Waals surface area contributed by atoms with Gasteiger partial charge in [0.15, 0.2) is 0 Å². The van der Waals surface area contributed by atoms with E-state index in [-0.39, 0.29) is 5.60 Å². The first-order chi connectivity index (χ1) is 9.91. The summed E-state index contributed by atoms with van der Waals surface area (Å²) >= 11 is 5.36. The van der Waals surface area contributed by atoms with Gasteiger partial charge in [-0.15, -0.1) is 0 Å².